The van der Waals surface area contributed by atoms with E-state index < -0.39 is 0 Å². The number of aromatic nitrogens is 2. The Bertz CT molecular complexity index is 671. The normalized spacial score (nSPS) is 17.0. The fourth-order valence-corrected chi connectivity index (χ4v) is 3.16. The number of para-hydroxylation sites is 1. The number of carbonyl (C=O) groups excluding carboxylic acids is 1. The Morgan fingerprint density at radius 2 is 2.16 bits per heavy atom. The third-order valence-electron chi connectivity index (χ3n) is 4.54. The van der Waals surface area contributed by atoms with Gasteiger partial charge in [0.15, 0.2) is 5.82 Å². The molecule has 1 aromatic carbocycles. The number of benzene rings is 1. The van der Waals surface area contributed by atoms with E-state index in [4.69, 9.17) is 4.52 Å². The molecule has 2 aromatic rings. The Morgan fingerprint density at radius 1 is 1.32 bits per heavy atom. The molecule has 1 amide bonds. The monoisotopic (exact) mass is 342 g/mol. The van der Waals surface area contributed by atoms with Crippen molar-refractivity contribution in [3.8, 4) is 0 Å². The number of nitrogens with one attached hydrogen (secondary N) is 1. The van der Waals surface area contributed by atoms with Crippen LogP contribution in [-0.4, -0.2) is 35.7 Å². The molecule has 134 valence electrons. The molecule has 1 saturated heterocycles. The van der Waals surface area contributed by atoms with Crippen LogP contribution < -0.4 is 10.2 Å². The van der Waals surface area contributed by atoms with Gasteiger partial charge in [-0.2, -0.15) is 4.98 Å². The van der Waals surface area contributed by atoms with Crippen LogP contribution in [0.25, 0.3) is 0 Å². The quantitative estimate of drug-likeness (QED) is 0.798. The number of aryl methyl sites for hydroxylation is 2. The van der Waals surface area contributed by atoms with Gasteiger partial charge in [0, 0.05) is 44.6 Å². The summed E-state index contributed by atoms with van der Waals surface area (Å²) >= 11 is 0. The number of hydrogen-bond donors (Lipinski definition) is 1. The Balaban J connectivity index is 1.36. The van der Waals surface area contributed by atoms with E-state index in [1.807, 2.05) is 6.07 Å². The second-order valence-electron chi connectivity index (χ2n) is 6.59. The summed E-state index contributed by atoms with van der Waals surface area (Å²) in [4.78, 5) is 18.7. The molecule has 1 aliphatic rings. The van der Waals surface area contributed by atoms with Crippen molar-refractivity contribution in [1.29, 1.82) is 0 Å². The van der Waals surface area contributed by atoms with Crippen LogP contribution in [0.3, 0.4) is 0 Å². The molecule has 25 heavy (non-hydrogen) atoms. The SMILES string of the molecule is CCCc1noc(CCC(=O)NC[C@H]2CCN(c3ccccc3)C2)n1. The average Bonchev–Trinajstić information content (AvgIpc) is 3.29. The van der Waals surface area contributed by atoms with Crippen LogP contribution in [0.15, 0.2) is 34.9 Å². The van der Waals surface area contributed by atoms with Crippen molar-refractivity contribution in [2.45, 2.75) is 39.0 Å². The number of nitrogens with zero attached hydrogens (tertiary/aromatic N) is 3. The maximum absolute atomic E-state index is 12.0. The van der Waals surface area contributed by atoms with Crippen molar-refractivity contribution in [2.75, 3.05) is 24.5 Å². The van der Waals surface area contributed by atoms with Gasteiger partial charge in [-0.1, -0.05) is 30.3 Å². The van der Waals surface area contributed by atoms with Gasteiger partial charge >= 0.3 is 0 Å². The highest BCUT2D eigenvalue weighted by Crippen LogP contribution is 2.22. The first kappa shape index (κ1) is 17.5. The van der Waals surface area contributed by atoms with Gasteiger partial charge in [-0.05, 0) is 30.9 Å². The number of rotatable bonds is 8. The lowest BCUT2D eigenvalue weighted by Gasteiger charge is -2.18. The Kier molecular flexibility index (Phi) is 6.04. The van der Waals surface area contributed by atoms with Gasteiger partial charge in [0.05, 0.1) is 0 Å². The zero-order valence-corrected chi connectivity index (χ0v) is 14.8. The molecule has 1 aromatic heterocycles. The second kappa shape index (κ2) is 8.65. The molecule has 1 aliphatic heterocycles. The van der Waals surface area contributed by atoms with Crippen molar-refractivity contribution in [1.82, 2.24) is 15.5 Å². The van der Waals surface area contributed by atoms with Crippen LogP contribution in [-0.2, 0) is 17.6 Å². The van der Waals surface area contributed by atoms with E-state index in [9.17, 15) is 4.79 Å². The van der Waals surface area contributed by atoms with E-state index in [0.29, 0.717) is 24.7 Å². The summed E-state index contributed by atoms with van der Waals surface area (Å²) in [6, 6.07) is 10.4. The highest BCUT2D eigenvalue weighted by atomic mass is 16.5. The van der Waals surface area contributed by atoms with E-state index in [0.717, 1.165) is 44.7 Å². The maximum atomic E-state index is 12.0. The lowest BCUT2D eigenvalue weighted by Crippen LogP contribution is -2.31. The Labute approximate surface area is 148 Å². The fraction of sp³-hybridized carbons (Fsp3) is 0.526. The molecule has 6 nitrogen and oxygen atoms in total. The summed E-state index contributed by atoms with van der Waals surface area (Å²) in [6.45, 7) is 4.85. The molecule has 0 spiro atoms. The van der Waals surface area contributed by atoms with Gasteiger partial charge in [0.2, 0.25) is 11.8 Å². The molecule has 0 unspecified atom stereocenters. The predicted octanol–water partition coefficient (Wildman–Crippen LogP) is 2.60. The van der Waals surface area contributed by atoms with Crippen LogP contribution in [0.2, 0.25) is 0 Å². The predicted molar refractivity (Wildman–Crippen MR) is 96.4 cm³/mol. The molecule has 0 radical (unpaired) electrons. The summed E-state index contributed by atoms with van der Waals surface area (Å²) in [6.07, 6.45) is 3.81. The largest absolute Gasteiger partial charge is 0.371 e. The highest BCUT2D eigenvalue weighted by molar-refractivity contribution is 5.76. The van der Waals surface area contributed by atoms with E-state index in [-0.39, 0.29) is 5.91 Å². The van der Waals surface area contributed by atoms with Crippen molar-refractivity contribution < 1.29 is 9.32 Å². The summed E-state index contributed by atoms with van der Waals surface area (Å²) in [5.41, 5.74) is 1.26. The number of anilines is 1. The molecule has 0 saturated carbocycles. The summed E-state index contributed by atoms with van der Waals surface area (Å²) in [5, 5.41) is 6.95. The minimum absolute atomic E-state index is 0.0494. The minimum atomic E-state index is 0.0494. The topological polar surface area (TPSA) is 71.3 Å². The second-order valence-corrected chi connectivity index (χ2v) is 6.59. The summed E-state index contributed by atoms with van der Waals surface area (Å²) < 4.78 is 5.16. The first-order chi connectivity index (χ1) is 12.2. The van der Waals surface area contributed by atoms with E-state index in [1.165, 1.54) is 5.69 Å². The lowest BCUT2D eigenvalue weighted by atomic mass is 10.1. The van der Waals surface area contributed by atoms with Gasteiger partial charge in [0.1, 0.15) is 0 Å². The molecule has 0 aliphatic carbocycles. The molecule has 3 rings (SSSR count). The van der Waals surface area contributed by atoms with Crippen molar-refractivity contribution in [3.05, 3.63) is 42.0 Å². The molecule has 1 N–H and O–H groups in total. The van der Waals surface area contributed by atoms with Crippen LogP contribution in [0.5, 0.6) is 0 Å². The van der Waals surface area contributed by atoms with Gasteiger partial charge in [-0.15, -0.1) is 0 Å². The van der Waals surface area contributed by atoms with Crippen LogP contribution >= 0.6 is 0 Å². The zero-order chi connectivity index (χ0) is 17.5. The number of amides is 1. The van der Waals surface area contributed by atoms with E-state index in [2.05, 4.69) is 51.5 Å². The molecule has 6 heteroatoms. The number of carbonyl (C=O) groups is 1. The van der Waals surface area contributed by atoms with Crippen LogP contribution in [0.4, 0.5) is 5.69 Å². The first-order valence-electron chi connectivity index (χ1n) is 9.12. The van der Waals surface area contributed by atoms with Crippen LogP contribution in [0, 0.1) is 5.92 Å². The standard InChI is InChI=1S/C19H26N4O2/c1-2-6-17-21-19(25-22-17)10-9-18(24)20-13-15-11-12-23(14-15)16-7-4-3-5-8-16/h3-5,7-8,15H,2,6,9-14H2,1H3,(H,20,24)/t15-/m1/s1. The lowest BCUT2D eigenvalue weighted by molar-refractivity contribution is -0.121. The van der Waals surface area contributed by atoms with Crippen LogP contribution in [0.1, 0.15) is 37.9 Å². The summed E-state index contributed by atoms with van der Waals surface area (Å²) in [5.74, 6) is 1.83. The Hall–Kier alpha value is -2.37. The van der Waals surface area contributed by atoms with Gasteiger partial charge in [-0.25, -0.2) is 0 Å². The van der Waals surface area contributed by atoms with E-state index in [1.54, 1.807) is 0 Å². The zero-order valence-electron chi connectivity index (χ0n) is 14.8. The van der Waals surface area contributed by atoms with Gasteiger partial charge in [0.25, 0.3) is 0 Å². The molecule has 0 bridgehead atoms. The fourth-order valence-electron chi connectivity index (χ4n) is 3.16. The molecule has 1 fully saturated rings. The van der Waals surface area contributed by atoms with Gasteiger partial charge < -0.3 is 14.7 Å². The molecule has 2 heterocycles. The molecule has 1 atom stereocenters. The maximum Gasteiger partial charge on any atom is 0.227 e. The van der Waals surface area contributed by atoms with Crippen molar-refractivity contribution in [2.24, 2.45) is 5.92 Å². The minimum Gasteiger partial charge on any atom is -0.371 e. The van der Waals surface area contributed by atoms with Crippen molar-refractivity contribution in [3.63, 3.8) is 0 Å². The molecular formula is C19H26N4O2. The third kappa shape index (κ3) is 5.05. The first-order valence-corrected chi connectivity index (χ1v) is 9.12. The highest BCUT2D eigenvalue weighted by Gasteiger charge is 2.23. The van der Waals surface area contributed by atoms with Gasteiger partial charge in [-0.3, -0.25) is 4.79 Å². The molecular weight excluding hydrogens is 316 g/mol. The summed E-state index contributed by atoms with van der Waals surface area (Å²) in [7, 11) is 0. The van der Waals surface area contributed by atoms with Crippen molar-refractivity contribution >= 4 is 11.6 Å². The van der Waals surface area contributed by atoms with E-state index >= 15 is 0 Å². The Morgan fingerprint density at radius 3 is 2.96 bits per heavy atom. The number of hydrogen-bond acceptors (Lipinski definition) is 5. The smallest absolute Gasteiger partial charge is 0.227 e. The third-order valence-corrected chi connectivity index (χ3v) is 4.54. The average molecular weight is 342 g/mol.